The molecule has 1 fully saturated rings. The molecule has 0 N–H and O–H groups in total. The summed E-state index contributed by atoms with van der Waals surface area (Å²) in [5, 5.41) is 0. The third-order valence-corrected chi connectivity index (χ3v) is 4.60. The first kappa shape index (κ1) is 13.2. The average molecular weight is 274 g/mol. The summed E-state index contributed by atoms with van der Waals surface area (Å²) in [7, 11) is 1.34. The lowest BCUT2D eigenvalue weighted by atomic mass is 9.63. The summed E-state index contributed by atoms with van der Waals surface area (Å²) in [5.74, 6) is -0.103. The Morgan fingerprint density at radius 2 is 2.15 bits per heavy atom. The number of ether oxygens (including phenoxy) is 2. The number of methoxy groups -OCH3 is 1. The summed E-state index contributed by atoms with van der Waals surface area (Å²) in [6.07, 6.45) is 2.65. The van der Waals surface area contributed by atoms with Crippen LogP contribution < -0.4 is 4.74 Å². The Hall–Kier alpha value is -1.84. The van der Waals surface area contributed by atoms with Crippen LogP contribution >= 0.6 is 0 Å². The number of rotatable bonds is 1. The van der Waals surface area contributed by atoms with Gasteiger partial charge in [-0.3, -0.25) is 9.59 Å². The maximum absolute atomic E-state index is 12.3. The molecule has 1 aliphatic heterocycles. The highest BCUT2D eigenvalue weighted by atomic mass is 16.5. The van der Waals surface area contributed by atoms with E-state index in [9.17, 15) is 9.59 Å². The maximum Gasteiger partial charge on any atom is 0.316 e. The van der Waals surface area contributed by atoms with Crippen molar-refractivity contribution in [1.82, 2.24) is 0 Å². The van der Waals surface area contributed by atoms with Crippen molar-refractivity contribution in [3.63, 3.8) is 0 Å². The van der Waals surface area contributed by atoms with Crippen LogP contribution in [0, 0.1) is 5.92 Å². The number of ketones is 1. The molecule has 4 heteroatoms. The second-order valence-electron chi connectivity index (χ2n) is 5.63. The maximum atomic E-state index is 12.3. The predicted octanol–water partition coefficient (Wildman–Crippen LogP) is 2.25. The number of carbonyl (C=O) groups is 2. The summed E-state index contributed by atoms with van der Waals surface area (Å²) >= 11 is 0. The van der Waals surface area contributed by atoms with Gasteiger partial charge in [0.05, 0.1) is 13.7 Å². The normalized spacial score (nSPS) is 28.6. The average Bonchev–Trinajstić information content (AvgIpc) is 2.47. The minimum Gasteiger partial charge on any atom is -0.493 e. The number of fused-ring (bicyclic) bond motifs is 2. The van der Waals surface area contributed by atoms with Crippen LogP contribution in [0.25, 0.3) is 0 Å². The zero-order valence-electron chi connectivity index (χ0n) is 11.6. The van der Waals surface area contributed by atoms with Crippen molar-refractivity contribution in [2.75, 3.05) is 13.7 Å². The van der Waals surface area contributed by atoms with Gasteiger partial charge in [-0.1, -0.05) is 18.2 Å². The number of benzene rings is 1. The number of carbonyl (C=O) groups excluding carboxylic acids is 2. The van der Waals surface area contributed by atoms with E-state index < -0.39 is 11.9 Å². The van der Waals surface area contributed by atoms with Gasteiger partial charge in [0.2, 0.25) is 0 Å². The Kier molecular flexibility index (Phi) is 3.24. The smallest absolute Gasteiger partial charge is 0.316 e. The second kappa shape index (κ2) is 4.93. The van der Waals surface area contributed by atoms with Crippen LogP contribution in [0.2, 0.25) is 0 Å². The SMILES string of the molecule is COC(=O)C1CCC2(CCOc3ccccc32)CC1=O. The molecule has 0 radical (unpaired) electrons. The molecular weight excluding hydrogens is 256 g/mol. The van der Waals surface area contributed by atoms with E-state index in [4.69, 9.17) is 9.47 Å². The molecule has 1 saturated carbocycles. The third-order valence-electron chi connectivity index (χ3n) is 4.60. The van der Waals surface area contributed by atoms with Gasteiger partial charge in [0.15, 0.2) is 0 Å². The van der Waals surface area contributed by atoms with E-state index in [-0.39, 0.29) is 11.2 Å². The topological polar surface area (TPSA) is 52.6 Å². The van der Waals surface area contributed by atoms with E-state index in [1.807, 2.05) is 24.3 Å². The van der Waals surface area contributed by atoms with E-state index >= 15 is 0 Å². The summed E-state index contributed by atoms with van der Waals surface area (Å²) in [4.78, 5) is 24.0. The van der Waals surface area contributed by atoms with Crippen LogP contribution in [-0.4, -0.2) is 25.5 Å². The van der Waals surface area contributed by atoms with E-state index in [1.54, 1.807) is 0 Å². The highest BCUT2D eigenvalue weighted by Gasteiger charge is 2.46. The van der Waals surface area contributed by atoms with Crippen molar-refractivity contribution < 1.29 is 19.1 Å². The molecule has 2 aliphatic rings. The first-order chi connectivity index (χ1) is 9.66. The van der Waals surface area contributed by atoms with Crippen molar-refractivity contribution in [1.29, 1.82) is 0 Å². The van der Waals surface area contributed by atoms with Gasteiger partial charge in [-0.05, 0) is 25.3 Å². The molecule has 3 rings (SSSR count). The number of hydrogen-bond donors (Lipinski definition) is 0. The van der Waals surface area contributed by atoms with E-state index in [0.717, 1.165) is 24.2 Å². The van der Waals surface area contributed by atoms with Crippen LogP contribution in [0.4, 0.5) is 0 Å². The molecule has 0 saturated heterocycles. The van der Waals surface area contributed by atoms with Crippen molar-refractivity contribution in [2.45, 2.75) is 31.1 Å². The first-order valence-corrected chi connectivity index (χ1v) is 6.99. The summed E-state index contributed by atoms with van der Waals surface area (Å²) in [5.41, 5.74) is 0.958. The van der Waals surface area contributed by atoms with Crippen LogP contribution in [0.1, 0.15) is 31.2 Å². The van der Waals surface area contributed by atoms with Gasteiger partial charge in [-0.15, -0.1) is 0 Å². The molecule has 2 unspecified atom stereocenters. The number of para-hydroxylation sites is 1. The lowest BCUT2D eigenvalue weighted by molar-refractivity contribution is -0.151. The number of esters is 1. The van der Waals surface area contributed by atoms with Gasteiger partial charge < -0.3 is 9.47 Å². The Morgan fingerprint density at radius 3 is 2.90 bits per heavy atom. The molecule has 1 aromatic rings. The molecule has 2 atom stereocenters. The van der Waals surface area contributed by atoms with E-state index in [1.165, 1.54) is 7.11 Å². The number of Topliss-reactive ketones (excluding diaryl/α,β-unsaturated/α-hetero) is 1. The molecule has 4 nitrogen and oxygen atoms in total. The van der Waals surface area contributed by atoms with Gasteiger partial charge >= 0.3 is 5.97 Å². The van der Waals surface area contributed by atoms with Crippen LogP contribution in [0.3, 0.4) is 0 Å². The van der Waals surface area contributed by atoms with Crippen molar-refractivity contribution in [3.05, 3.63) is 29.8 Å². The molecule has 1 spiro atoms. The third kappa shape index (κ3) is 1.99. The van der Waals surface area contributed by atoms with Crippen molar-refractivity contribution in [2.24, 2.45) is 5.92 Å². The highest BCUT2D eigenvalue weighted by Crippen LogP contribution is 2.48. The van der Waals surface area contributed by atoms with Crippen LogP contribution in [-0.2, 0) is 19.7 Å². The van der Waals surface area contributed by atoms with Crippen LogP contribution in [0.15, 0.2) is 24.3 Å². The minimum atomic E-state index is -0.583. The lowest BCUT2D eigenvalue weighted by Crippen LogP contribution is -2.43. The fourth-order valence-electron chi connectivity index (χ4n) is 3.48. The van der Waals surface area contributed by atoms with Gasteiger partial charge in [0.1, 0.15) is 17.5 Å². The van der Waals surface area contributed by atoms with Gasteiger partial charge in [0, 0.05) is 17.4 Å². The molecule has 1 heterocycles. The molecule has 20 heavy (non-hydrogen) atoms. The lowest BCUT2D eigenvalue weighted by Gasteiger charge is -2.42. The number of hydrogen-bond acceptors (Lipinski definition) is 4. The molecule has 106 valence electrons. The quantitative estimate of drug-likeness (QED) is 0.582. The Morgan fingerprint density at radius 1 is 1.35 bits per heavy atom. The Labute approximate surface area is 118 Å². The van der Waals surface area contributed by atoms with E-state index in [0.29, 0.717) is 19.4 Å². The highest BCUT2D eigenvalue weighted by molar-refractivity contribution is 6.00. The van der Waals surface area contributed by atoms with Gasteiger partial charge in [-0.2, -0.15) is 0 Å². The minimum absolute atomic E-state index is 0.000182. The monoisotopic (exact) mass is 274 g/mol. The Balaban J connectivity index is 1.90. The first-order valence-electron chi connectivity index (χ1n) is 6.99. The fraction of sp³-hybridized carbons (Fsp3) is 0.500. The molecule has 0 bridgehead atoms. The summed E-state index contributed by atoms with van der Waals surface area (Å²) < 4.78 is 10.4. The molecule has 1 aromatic carbocycles. The van der Waals surface area contributed by atoms with Gasteiger partial charge in [-0.25, -0.2) is 0 Å². The molecule has 1 aliphatic carbocycles. The summed E-state index contributed by atoms with van der Waals surface area (Å²) in [6, 6.07) is 7.92. The predicted molar refractivity (Wildman–Crippen MR) is 72.6 cm³/mol. The second-order valence-corrected chi connectivity index (χ2v) is 5.63. The molecule has 0 amide bonds. The van der Waals surface area contributed by atoms with Crippen molar-refractivity contribution >= 4 is 11.8 Å². The summed E-state index contributed by atoms with van der Waals surface area (Å²) in [6.45, 7) is 0.632. The van der Waals surface area contributed by atoms with Gasteiger partial charge in [0.25, 0.3) is 0 Å². The largest absolute Gasteiger partial charge is 0.493 e. The standard InChI is InChI=1S/C16H18O4/c1-19-15(18)11-6-7-16(10-13(11)17)8-9-20-14-5-3-2-4-12(14)16/h2-5,11H,6-10H2,1H3. The zero-order valence-corrected chi connectivity index (χ0v) is 11.6. The Bertz CT molecular complexity index is 551. The fourth-order valence-corrected chi connectivity index (χ4v) is 3.48. The molecular formula is C16H18O4. The van der Waals surface area contributed by atoms with Crippen LogP contribution in [0.5, 0.6) is 5.75 Å². The molecule has 0 aromatic heterocycles. The zero-order chi connectivity index (χ0) is 14.2. The van der Waals surface area contributed by atoms with E-state index in [2.05, 4.69) is 0 Å². The van der Waals surface area contributed by atoms with Crippen molar-refractivity contribution in [3.8, 4) is 5.75 Å².